The van der Waals surface area contributed by atoms with Gasteiger partial charge in [-0.2, -0.15) is 5.10 Å². The van der Waals surface area contributed by atoms with Gasteiger partial charge in [0.25, 0.3) is 11.8 Å². The molecule has 2 N–H and O–H groups in total. The van der Waals surface area contributed by atoms with E-state index in [1.807, 2.05) is 55.5 Å². The third kappa shape index (κ3) is 8.33. The molecule has 2 amide bonds. The number of nitrogens with zero attached hydrogens (tertiary/aromatic N) is 1. The Hall–Kier alpha value is -4.33. The molecule has 198 valence electrons. The maximum Gasteiger partial charge on any atom is 0.277 e. The second kappa shape index (κ2) is 13.5. The van der Waals surface area contributed by atoms with Gasteiger partial charge in [-0.3, -0.25) is 9.59 Å². The molecular weight excluding hydrogens is 537 g/mol. The lowest BCUT2D eigenvalue weighted by molar-refractivity contribution is -0.123. The van der Waals surface area contributed by atoms with Gasteiger partial charge in [0, 0.05) is 21.3 Å². The SMILES string of the molecule is Cc1c(Cl)cccc1NC(=O)c1ccc(OCC(=O)NN=Cc2ccc(OCc3ccc(Cl)cc3)cc2)cc1. The molecule has 0 aliphatic heterocycles. The molecule has 4 aromatic rings. The highest BCUT2D eigenvalue weighted by Crippen LogP contribution is 2.24. The number of ether oxygens (including phenoxy) is 2. The van der Waals surface area contributed by atoms with E-state index in [4.69, 9.17) is 32.7 Å². The van der Waals surface area contributed by atoms with E-state index >= 15 is 0 Å². The molecule has 0 unspecified atom stereocenters. The van der Waals surface area contributed by atoms with Crippen LogP contribution in [0.4, 0.5) is 5.69 Å². The van der Waals surface area contributed by atoms with E-state index in [2.05, 4.69) is 15.8 Å². The van der Waals surface area contributed by atoms with Gasteiger partial charge < -0.3 is 14.8 Å². The van der Waals surface area contributed by atoms with Gasteiger partial charge in [0.2, 0.25) is 0 Å². The van der Waals surface area contributed by atoms with Gasteiger partial charge >= 0.3 is 0 Å². The highest BCUT2D eigenvalue weighted by molar-refractivity contribution is 6.32. The first-order valence-electron chi connectivity index (χ1n) is 12.0. The zero-order chi connectivity index (χ0) is 27.6. The smallest absolute Gasteiger partial charge is 0.277 e. The molecule has 7 nitrogen and oxygen atoms in total. The monoisotopic (exact) mass is 561 g/mol. The number of benzene rings is 4. The normalized spacial score (nSPS) is 10.7. The van der Waals surface area contributed by atoms with E-state index in [0.29, 0.717) is 39.4 Å². The molecule has 0 heterocycles. The first-order chi connectivity index (χ1) is 18.9. The van der Waals surface area contributed by atoms with Crippen LogP contribution in [0.5, 0.6) is 11.5 Å². The Kier molecular flexibility index (Phi) is 9.56. The van der Waals surface area contributed by atoms with Gasteiger partial charge in [0.05, 0.1) is 6.21 Å². The minimum Gasteiger partial charge on any atom is -0.489 e. The fraction of sp³-hybridized carbons (Fsp3) is 0.100. The quantitative estimate of drug-likeness (QED) is 0.167. The molecular formula is C30H25Cl2N3O4. The summed E-state index contributed by atoms with van der Waals surface area (Å²) in [5.74, 6) is 0.453. The molecule has 9 heteroatoms. The number of amides is 2. The Morgan fingerprint density at radius 2 is 1.51 bits per heavy atom. The number of halogens is 2. The minimum atomic E-state index is -0.424. The molecule has 0 aliphatic carbocycles. The molecule has 39 heavy (non-hydrogen) atoms. The highest BCUT2D eigenvalue weighted by Gasteiger charge is 2.10. The van der Waals surface area contributed by atoms with Crippen LogP contribution in [0.15, 0.2) is 96.1 Å². The molecule has 0 aliphatic rings. The van der Waals surface area contributed by atoms with Crippen molar-refractivity contribution < 1.29 is 19.1 Å². The molecule has 0 radical (unpaired) electrons. The molecule has 0 bridgehead atoms. The van der Waals surface area contributed by atoms with Crippen LogP contribution in [-0.4, -0.2) is 24.6 Å². The second-order valence-electron chi connectivity index (χ2n) is 8.46. The van der Waals surface area contributed by atoms with Crippen molar-refractivity contribution in [1.82, 2.24) is 5.43 Å². The van der Waals surface area contributed by atoms with Crippen LogP contribution in [0.25, 0.3) is 0 Å². The zero-order valence-corrected chi connectivity index (χ0v) is 22.5. The van der Waals surface area contributed by atoms with Crippen LogP contribution in [0.2, 0.25) is 10.0 Å². The van der Waals surface area contributed by atoms with E-state index < -0.39 is 5.91 Å². The van der Waals surface area contributed by atoms with Crippen molar-refractivity contribution in [2.75, 3.05) is 11.9 Å². The number of anilines is 1. The lowest BCUT2D eigenvalue weighted by atomic mass is 10.1. The van der Waals surface area contributed by atoms with Crippen molar-refractivity contribution in [3.8, 4) is 11.5 Å². The largest absolute Gasteiger partial charge is 0.489 e. The number of hydrogen-bond donors (Lipinski definition) is 2. The molecule has 0 aromatic heterocycles. The summed E-state index contributed by atoms with van der Waals surface area (Å²) in [5.41, 5.74) is 6.10. The third-order valence-electron chi connectivity index (χ3n) is 5.60. The molecule has 4 rings (SSSR count). The first kappa shape index (κ1) is 27.7. The molecule has 0 fully saturated rings. The van der Waals surface area contributed by atoms with Crippen molar-refractivity contribution in [3.63, 3.8) is 0 Å². The maximum atomic E-state index is 12.5. The number of carbonyl (C=O) groups excluding carboxylic acids is 2. The van der Waals surface area contributed by atoms with Gasteiger partial charge in [0.1, 0.15) is 18.1 Å². The minimum absolute atomic E-state index is 0.234. The summed E-state index contributed by atoms with van der Waals surface area (Å²) in [5, 5.41) is 8.05. The van der Waals surface area contributed by atoms with Crippen molar-refractivity contribution in [3.05, 3.63) is 123 Å². The van der Waals surface area contributed by atoms with Crippen LogP contribution in [0, 0.1) is 6.92 Å². The summed E-state index contributed by atoms with van der Waals surface area (Å²) in [6.07, 6.45) is 1.52. The van der Waals surface area contributed by atoms with E-state index in [-0.39, 0.29) is 12.5 Å². The molecule has 0 spiro atoms. The van der Waals surface area contributed by atoms with Crippen molar-refractivity contribution >= 4 is 46.9 Å². The van der Waals surface area contributed by atoms with Gasteiger partial charge in [-0.05, 0) is 96.4 Å². The van der Waals surface area contributed by atoms with Crippen LogP contribution < -0.4 is 20.2 Å². The topological polar surface area (TPSA) is 89.0 Å². The van der Waals surface area contributed by atoms with Gasteiger partial charge in [-0.1, -0.05) is 41.4 Å². The average molecular weight is 562 g/mol. The van der Waals surface area contributed by atoms with Crippen LogP contribution >= 0.6 is 23.2 Å². The molecule has 4 aromatic carbocycles. The number of nitrogens with one attached hydrogen (secondary N) is 2. The predicted molar refractivity (Wildman–Crippen MR) is 154 cm³/mol. The number of hydrogen-bond acceptors (Lipinski definition) is 5. The maximum absolute atomic E-state index is 12.5. The Balaban J connectivity index is 1.19. The fourth-order valence-corrected chi connectivity index (χ4v) is 3.70. The highest BCUT2D eigenvalue weighted by atomic mass is 35.5. The number of rotatable bonds is 10. The average Bonchev–Trinajstić information content (AvgIpc) is 2.95. The van der Waals surface area contributed by atoms with Crippen molar-refractivity contribution in [2.24, 2.45) is 5.10 Å². The Morgan fingerprint density at radius 3 is 2.23 bits per heavy atom. The lowest BCUT2D eigenvalue weighted by Crippen LogP contribution is -2.24. The summed E-state index contributed by atoms with van der Waals surface area (Å²) in [6.45, 7) is 2.03. The van der Waals surface area contributed by atoms with E-state index in [1.165, 1.54) is 6.21 Å². The van der Waals surface area contributed by atoms with Crippen LogP contribution in [0.3, 0.4) is 0 Å². The summed E-state index contributed by atoms with van der Waals surface area (Å²) in [6, 6.07) is 26.5. The summed E-state index contributed by atoms with van der Waals surface area (Å²) in [7, 11) is 0. The molecule has 0 saturated heterocycles. The van der Waals surface area contributed by atoms with Crippen LogP contribution in [0.1, 0.15) is 27.0 Å². The predicted octanol–water partition coefficient (Wildman–Crippen LogP) is 6.66. The molecule has 0 atom stereocenters. The Morgan fingerprint density at radius 1 is 0.846 bits per heavy atom. The van der Waals surface area contributed by atoms with Crippen molar-refractivity contribution in [2.45, 2.75) is 13.5 Å². The van der Waals surface area contributed by atoms with E-state index in [0.717, 1.165) is 16.7 Å². The second-order valence-corrected chi connectivity index (χ2v) is 9.30. The number of carbonyl (C=O) groups is 2. The van der Waals surface area contributed by atoms with E-state index in [1.54, 1.807) is 42.5 Å². The molecule has 0 saturated carbocycles. The van der Waals surface area contributed by atoms with Crippen molar-refractivity contribution in [1.29, 1.82) is 0 Å². The third-order valence-corrected chi connectivity index (χ3v) is 6.27. The lowest BCUT2D eigenvalue weighted by Gasteiger charge is -2.10. The number of hydrazone groups is 1. The fourth-order valence-electron chi connectivity index (χ4n) is 3.40. The zero-order valence-electron chi connectivity index (χ0n) is 21.0. The first-order valence-corrected chi connectivity index (χ1v) is 12.7. The van der Waals surface area contributed by atoms with Gasteiger partial charge in [-0.15, -0.1) is 0 Å². The Labute approximate surface area is 236 Å². The summed E-state index contributed by atoms with van der Waals surface area (Å²) >= 11 is 12.0. The summed E-state index contributed by atoms with van der Waals surface area (Å²) in [4.78, 5) is 24.6. The Bertz CT molecular complexity index is 1460. The van der Waals surface area contributed by atoms with Gasteiger partial charge in [-0.25, -0.2) is 5.43 Å². The standard InChI is InChI=1S/C30H25Cl2N3O4/c1-20-27(32)3-2-4-28(20)34-30(37)23-9-15-26(16-10-23)39-19-29(36)35-33-17-21-7-13-25(14-8-21)38-18-22-5-11-24(31)12-6-22/h2-17H,18-19H2,1H3,(H,34,37)(H,35,36). The summed E-state index contributed by atoms with van der Waals surface area (Å²) < 4.78 is 11.2. The van der Waals surface area contributed by atoms with Crippen LogP contribution in [-0.2, 0) is 11.4 Å². The van der Waals surface area contributed by atoms with Gasteiger partial charge in [0.15, 0.2) is 6.61 Å². The van der Waals surface area contributed by atoms with E-state index in [9.17, 15) is 9.59 Å².